The lowest BCUT2D eigenvalue weighted by atomic mass is 10.1. The summed E-state index contributed by atoms with van der Waals surface area (Å²) in [5, 5.41) is 2.76. The van der Waals surface area contributed by atoms with Crippen LogP contribution in [-0.2, 0) is 4.79 Å². The monoisotopic (exact) mass is 201 g/mol. The lowest BCUT2D eigenvalue weighted by Gasteiger charge is -2.08. The molecule has 0 saturated heterocycles. The van der Waals surface area contributed by atoms with E-state index < -0.39 is 6.04 Å². The first kappa shape index (κ1) is 12.9. The van der Waals surface area contributed by atoms with Crippen LogP contribution in [0.25, 0.3) is 0 Å². The van der Waals surface area contributed by atoms with Gasteiger partial charge in [-0.25, -0.2) is 0 Å². The number of nitrogens with zero attached hydrogens (tertiary/aromatic N) is 1. The van der Waals surface area contributed by atoms with E-state index in [1.807, 2.05) is 0 Å². The second-order valence-corrected chi connectivity index (χ2v) is 3.05. The Kier molecular flexibility index (Phi) is 6.69. The number of nitrogens with one attached hydrogen (secondary N) is 1. The maximum absolute atomic E-state index is 11.2. The molecule has 6 heteroatoms. The highest BCUT2D eigenvalue weighted by Gasteiger charge is 2.10. The molecule has 0 spiro atoms. The Balaban J connectivity index is 3.58. The van der Waals surface area contributed by atoms with Gasteiger partial charge in [-0.2, -0.15) is 0 Å². The van der Waals surface area contributed by atoms with Crippen molar-refractivity contribution >= 4 is 11.7 Å². The highest BCUT2D eigenvalue weighted by molar-refractivity contribution is 5.85. The SMILES string of the molecule is CNCC(=O)C(N)CCCN=C(N)N. The number of rotatable bonds is 7. The highest BCUT2D eigenvalue weighted by Crippen LogP contribution is 1.95. The molecule has 14 heavy (non-hydrogen) atoms. The van der Waals surface area contributed by atoms with Gasteiger partial charge < -0.3 is 22.5 Å². The van der Waals surface area contributed by atoms with Gasteiger partial charge in [0.25, 0.3) is 0 Å². The second kappa shape index (κ2) is 7.28. The Morgan fingerprint density at radius 3 is 2.64 bits per heavy atom. The summed E-state index contributed by atoms with van der Waals surface area (Å²) in [5.74, 6) is 0.0809. The van der Waals surface area contributed by atoms with Crippen LogP contribution >= 0.6 is 0 Å². The fraction of sp³-hybridized carbons (Fsp3) is 0.750. The molecule has 0 aliphatic carbocycles. The van der Waals surface area contributed by atoms with E-state index in [4.69, 9.17) is 17.2 Å². The lowest BCUT2D eigenvalue weighted by Crippen LogP contribution is -2.36. The van der Waals surface area contributed by atoms with Crippen LogP contribution in [0.2, 0.25) is 0 Å². The van der Waals surface area contributed by atoms with Crippen molar-refractivity contribution in [2.24, 2.45) is 22.2 Å². The zero-order valence-electron chi connectivity index (χ0n) is 8.49. The predicted molar refractivity (Wildman–Crippen MR) is 56.8 cm³/mol. The molecule has 0 aliphatic heterocycles. The van der Waals surface area contributed by atoms with Crippen molar-refractivity contribution in [3.63, 3.8) is 0 Å². The highest BCUT2D eigenvalue weighted by atomic mass is 16.1. The molecule has 0 saturated carbocycles. The van der Waals surface area contributed by atoms with Crippen LogP contribution in [0.15, 0.2) is 4.99 Å². The molecule has 0 heterocycles. The van der Waals surface area contributed by atoms with E-state index in [1.54, 1.807) is 7.05 Å². The average Bonchev–Trinajstić information content (AvgIpc) is 2.12. The van der Waals surface area contributed by atoms with Crippen LogP contribution in [0.5, 0.6) is 0 Å². The first-order chi connectivity index (χ1) is 6.57. The molecule has 0 bridgehead atoms. The third-order valence-corrected chi connectivity index (χ3v) is 1.73. The van der Waals surface area contributed by atoms with Gasteiger partial charge in [0.15, 0.2) is 11.7 Å². The normalized spacial score (nSPS) is 12.1. The topological polar surface area (TPSA) is 120 Å². The van der Waals surface area contributed by atoms with Gasteiger partial charge in [-0.1, -0.05) is 0 Å². The Labute approximate surface area is 83.9 Å². The molecule has 0 aromatic carbocycles. The maximum atomic E-state index is 11.2. The molecule has 1 atom stereocenters. The summed E-state index contributed by atoms with van der Waals surface area (Å²) in [5.41, 5.74) is 15.9. The fourth-order valence-electron chi connectivity index (χ4n) is 0.986. The van der Waals surface area contributed by atoms with Crippen LogP contribution in [0, 0.1) is 0 Å². The summed E-state index contributed by atoms with van der Waals surface area (Å²) >= 11 is 0. The van der Waals surface area contributed by atoms with Gasteiger partial charge in [0, 0.05) is 6.54 Å². The molecule has 82 valence electrons. The van der Waals surface area contributed by atoms with Crippen molar-refractivity contribution in [3.8, 4) is 0 Å². The van der Waals surface area contributed by atoms with Gasteiger partial charge in [0.05, 0.1) is 12.6 Å². The number of ketones is 1. The van der Waals surface area contributed by atoms with Crippen molar-refractivity contribution in [2.75, 3.05) is 20.1 Å². The molecular weight excluding hydrogens is 182 g/mol. The van der Waals surface area contributed by atoms with E-state index in [2.05, 4.69) is 10.3 Å². The third kappa shape index (κ3) is 6.38. The summed E-state index contributed by atoms with van der Waals surface area (Å²) in [7, 11) is 1.71. The number of likely N-dealkylation sites (N-methyl/N-ethyl adjacent to an activating group) is 1. The molecule has 0 fully saturated rings. The number of carbonyl (C=O) groups excluding carboxylic acids is 1. The van der Waals surface area contributed by atoms with Gasteiger partial charge in [-0.3, -0.25) is 9.79 Å². The summed E-state index contributed by atoms with van der Waals surface area (Å²) in [4.78, 5) is 15.0. The minimum absolute atomic E-state index is 0.0113. The third-order valence-electron chi connectivity index (χ3n) is 1.73. The number of hydrogen-bond acceptors (Lipinski definition) is 4. The summed E-state index contributed by atoms with van der Waals surface area (Å²) in [6.07, 6.45) is 1.33. The second-order valence-electron chi connectivity index (χ2n) is 3.05. The Hall–Kier alpha value is -1.14. The van der Waals surface area contributed by atoms with Gasteiger partial charge in [-0.05, 0) is 19.9 Å². The molecule has 0 radical (unpaired) electrons. The van der Waals surface area contributed by atoms with Crippen LogP contribution in [-0.4, -0.2) is 37.9 Å². The van der Waals surface area contributed by atoms with Crippen LogP contribution in [0.4, 0.5) is 0 Å². The first-order valence-corrected chi connectivity index (χ1v) is 4.56. The predicted octanol–water partition coefficient (Wildman–Crippen LogP) is -1.84. The van der Waals surface area contributed by atoms with Crippen molar-refractivity contribution in [3.05, 3.63) is 0 Å². The number of carbonyl (C=O) groups is 1. The van der Waals surface area contributed by atoms with E-state index in [-0.39, 0.29) is 11.7 Å². The molecule has 0 aliphatic rings. The Morgan fingerprint density at radius 2 is 2.14 bits per heavy atom. The zero-order valence-corrected chi connectivity index (χ0v) is 8.49. The van der Waals surface area contributed by atoms with E-state index in [9.17, 15) is 4.79 Å². The van der Waals surface area contributed by atoms with Gasteiger partial charge in [-0.15, -0.1) is 0 Å². The lowest BCUT2D eigenvalue weighted by molar-refractivity contribution is -0.119. The van der Waals surface area contributed by atoms with E-state index in [1.165, 1.54) is 0 Å². The number of aliphatic imine (C=N–C) groups is 1. The Morgan fingerprint density at radius 1 is 1.50 bits per heavy atom. The number of Topliss-reactive ketones (excluding diaryl/α,β-unsaturated/α-hetero) is 1. The van der Waals surface area contributed by atoms with Crippen molar-refractivity contribution < 1.29 is 4.79 Å². The summed E-state index contributed by atoms with van der Waals surface area (Å²) in [6.45, 7) is 0.826. The fourth-order valence-corrected chi connectivity index (χ4v) is 0.986. The molecular formula is C8H19N5O. The van der Waals surface area contributed by atoms with Gasteiger partial charge in [0.2, 0.25) is 0 Å². The van der Waals surface area contributed by atoms with Crippen LogP contribution < -0.4 is 22.5 Å². The van der Waals surface area contributed by atoms with E-state index >= 15 is 0 Å². The number of guanidine groups is 1. The summed E-state index contributed by atoms with van der Waals surface area (Å²) in [6, 6.07) is -0.420. The van der Waals surface area contributed by atoms with Crippen LogP contribution in [0.3, 0.4) is 0 Å². The van der Waals surface area contributed by atoms with Crippen molar-refractivity contribution in [1.29, 1.82) is 0 Å². The largest absolute Gasteiger partial charge is 0.370 e. The molecule has 0 aromatic heterocycles. The average molecular weight is 201 g/mol. The van der Waals surface area contributed by atoms with Crippen LogP contribution in [0.1, 0.15) is 12.8 Å². The van der Waals surface area contributed by atoms with Crippen molar-refractivity contribution in [2.45, 2.75) is 18.9 Å². The van der Waals surface area contributed by atoms with Gasteiger partial charge in [0.1, 0.15) is 0 Å². The quantitative estimate of drug-likeness (QED) is 0.219. The molecule has 0 rings (SSSR count). The zero-order chi connectivity index (χ0) is 11.0. The molecule has 1 unspecified atom stereocenters. The minimum atomic E-state index is -0.420. The summed E-state index contributed by atoms with van der Waals surface area (Å²) < 4.78 is 0. The standard InChI is InChI=1S/C8H19N5O/c1-12-5-7(14)6(9)3-2-4-13-8(10)11/h6,12H,2-5,9H2,1H3,(H4,10,11,13). The maximum Gasteiger partial charge on any atom is 0.185 e. The first-order valence-electron chi connectivity index (χ1n) is 4.56. The molecule has 6 nitrogen and oxygen atoms in total. The number of nitrogens with two attached hydrogens (primary N) is 3. The van der Waals surface area contributed by atoms with Gasteiger partial charge >= 0.3 is 0 Å². The Bertz CT molecular complexity index is 200. The van der Waals surface area contributed by atoms with Crippen molar-refractivity contribution in [1.82, 2.24) is 5.32 Å². The minimum Gasteiger partial charge on any atom is -0.370 e. The molecule has 0 aromatic rings. The molecule has 0 amide bonds. The number of hydrogen-bond donors (Lipinski definition) is 4. The van der Waals surface area contributed by atoms with E-state index in [0.29, 0.717) is 25.9 Å². The smallest absolute Gasteiger partial charge is 0.185 e. The van der Waals surface area contributed by atoms with E-state index in [0.717, 1.165) is 0 Å². The molecule has 7 N–H and O–H groups in total.